The largest absolute Gasteiger partial charge is 0.493 e. The highest BCUT2D eigenvalue weighted by Crippen LogP contribution is 2.34. The molecule has 1 aromatic rings. The number of rotatable bonds is 5. The van der Waals surface area contributed by atoms with Crippen LogP contribution in [0.25, 0.3) is 0 Å². The molecular weight excluding hydrogens is 244 g/mol. The molecule has 0 saturated heterocycles. The number of benzene rings is 1. The van der Waals surface area contributed by atoms with Crippen molar-refractivity contribution >= 4 is 0 Å². The second-order valence-electron chi connectivity index (χ2n) is 5.18. The summed E-state index contributed by atoms with van der Waals surface area (Å²) in [6.07, 6.45) is 4.81. The molecule has 0 aliphatic heterocycles. The van der Waals surface area contributed by atoms with Crippen molar-refractivity contribution in [3.8, 4) is 11.5 Å². The highest BCUT2D eigenvalue weighted by molar-refractivity contribution is 5.46. The summed E-state index contributed by atoms with van der Waals surface area (Å²) in [4.78, 5) is 0. The molecule has 0 amide bonds. The second-order valence-corrected chi connectivity index (χ2v) is 5.18. The number of hydrogen-bond donors (Lipinski definition) is 2. The van der Waals surface area contributed by atoms with Gasteiger partial charge in [0, 0.05) is 5.56 Å². The van der Waals surface area contributed by atoms with Crippen molar-refractivity contribution in [3.63, 3.8) is 0 Å². The molecule has 0 radical (unpaired) electrons. The third-order valence-corrected chi connectivity index (χ3v) is 3.72. The van der Waals surface area contributed by atoms with E-state index in [0.717, 1.165) is 25.7 Å². The van der Waals surface area contributed by atoms with Gasteiger partial charge in [-0.3, -0.25) is 0 Å². The van der Waals surface area contributed by atoms with Gasteiger partial charge in [-0.05, 0) is 18.9 Å². The summed E-state index contributed by atoms with van der Waals surface area (Å²) < 4.78 is 11.0. The Balaban J connectivity index is 2.09. The van der Waals surface area contributed by atoms with Gasteiger partial charge in [-0.15, -0.1) is 0 Å². The molecule has 0 bridgehead atoms. The zero-order valence-corrected chi connectivity index (χ0v) is 11.4. The van der Waals surface area contributed by atoms with Gasteiger partial charge in [0.2, 0.25) is 0 Å². The number of hydrogen-bond acceptors (Lipinski definition) is 4. The molecule has 106 valence electrons. The molecular formula is C15H22O4. The van der Waals surface area contributed by atoms with Crippen LogP contribution in [0.1, 0.15) is 37.7 Å². The van der Waals surface area contributed by atoms with Crippen LogP contribution in [0, 0.1) is 0 Å². The lowest BCUT2D eigenvalue weighted by Crippen LogP contribution is -2.38. The van der Waals surface area contributed by atoms with E-state index in [1.54, 1.807) is 19.2 Å². The van der Waals surface area contributed by atoms with Crippen LogP contribution in [0.15, 0.2) is 18.2 Å². The molecule has 4 nitrogen and oxygen atoms in total. The summed E-state index contributed by atoms with van der Waals surface area (Å²) in [6.45, 7) is 0.144. The van der Waals surface area contributed by atoms with Crippen molar-refractivity contribution < 1.29 is 19.7 Å². The van der Waals surface area contributed by atoms with Gasteiger partial charge >= 0.3 is 0 Å². The van der Waals surface area contributed by atoms with Crippen LogP contribution in [0.2, 0.25) is 0 Å². The Kier molecular flexibility index (Phi) is 4.66. The van der Waals surface area contributed by atoms with Crippen LogP contribution in [-0.4, -0.2) is 29.5 Å². The zero-order chi connectivity index (χ0) is 13.7. The molecule has 0 spiro atoms. The van der Waals surface area contributed by atoms with E-state index in [2.05, 4.69) is 0 Å². The Morgan fingerprint density at radius 3 is 2.58 bits per heavy atom. The fourth-order valence-electron chi connectivity index (χ4n) is 2.57. The van der Waals surface area contributed by atoms with Gasteiger partial charge in [0.05, 0.1) is 19.3 Å². The quantitative estimate of drug-likeness (QED) is 0.858. The van der Waals surface area contributed by atoms with Crippen molar-refractivity contribution in [3.05, 3.63) is 23.8 Å². The lowest BCUT2D eigenvalue weighted by molar-refractivity contribution is -0.0348. The van der Waals surface area contributed by atoms with E-state index in [1.165, 1.54) is 6.42 Å². The standard InChI is InChI=1S/C15H22O4/c1-18-13-7-5-6-12(10-16)14(13)19-11-15(17)8-3-2-4-9-15/h5-7,16-17H,2-4,8-11H2,1H3. The third-order valence-electron chi connectivity index (χ3n) is 3.72. The predicted molar refractivity (Wildman–Crippen MR) is 72.4 cm³/mol. The van der Waals surface area contributed by atoms with Gasteiger partial charge in [0.25, 0.3) is 0 Å². The first kappa shape index (κ1) is 14.2. The number of ether oxygens (including phenoxy) is 2. The normalized spacial score (nSPS) is 18.1. The second kappa shape index (κ2) is 6.26. The maximum Gasteiger partial charge on any atom is 0.166 e. The van der Waals surface area contributed by atoms with E-state index in [0.29, 0.717) is 17.1 Å². The summed E-state index contributed by atoms with van der Waals surface area (Å²) in [5.74, 6) is 1.12. The molecule has 1 aliphatic carbocycles. The Morgan fingerprint density at radius 1 is 1.21 bits per heavy atom. The number of para-hydroxylation sites is 1. The van der Waals surface area contributed by atoms with Gasteiger partial charge in [-0.2, -0.15) is 0 Å². The minimum absolute atomic E-state index is 0.106. The average molecular weight is 266 g/mol. The monoisotopic (exact) mass is 266 g/mol. The van der Waals surface area contributed by atoms with E-state index in [1.807, 2.05) is 6.07 Å². The van der Waals surface area contributed by atoms with Crippen molar-refractivity contribution in [1.29, 1.82) is 0 Å². The van der Waals surface area contributed by atoms with Crippen LogP contribution in [0.3, 0.4) is 0 Å². The molecule has 0 unspecified atom stereocenters. The van der Waals surface area contributed by atoms with Crippen molar-refractivity contribution in [2.45, 2.75) is 44.3 Å². The highest BCUT2D eigenvalue weighted by atomic mass is 16.5. The molecule has 0 atom stereocenters. The lowest BCUT2D eigenvalue weighted by Gasteiger charge is -2.32. The molecule has 2 N–H and O–H groups in total. The number of aliphatic hydroxyl groups excluding tert-OH is 1. The molecule has 1 saturated carbocycles. The minimum atomic E-state index is -0.744. The first-order valence-corrected chi connectivity index (χ1v) is 6.80. The van der Waals surface area contributed by atoms with E-state index in [9.17, 15) is 10.2 Å². The van der Waals surface area contributed by atoms with Crippen LogP contribution in [0.5, 0.6) is 11.5 Å². The summed E-state index contributed by atoms with van der Waals surface area (Å²) in [7, 11) is 1.57. The SMILES string of the molecule is COc1cccc(CO)c1OCC1(O)CCCCC1. The molecule has 1 fully saturated rings. The van der Waals surface area contributed by atoms with Crippen LogP contribution >= 0.6 is 0 Å². The molecule has 19 heavy (non-hydrogen) atoms. The maximum atomic E-state index is 10.4. The smallest absolute Gasteiger partial charge is 0.166 e. The zero-order valence-electron chi connectivity index (χ0n) is 11.4. The maximum absolute atomic E-state index is 10.4. The Hall–Kier alpha value is -1.26. The van der Waals surface area contributed by atoms with E-state index < -0.39 is 5.60 Å². The molecule has 0 aromatic heterocycles. The topological polar surface area (TPSA) is 58.9 Å². The highest BCUT2D eigenvalue weighted by Gasteiger charge is 2.30. The summed E-state index contributed by atoms with van der Waals surface area (Å²) in [6, 6.07) is 5.40. The van der Waals surface area contributed by atoms with Crippen molar-refractivity contribution in [2.24, 2.45) is 0 Å². The average Bonchev–Trinajstić information content (AvgIpc) is 2.45. The van der Waals surface area contributed by atoms with Gasteiger partial charge in [0.1, 0.15) is 6.61 Å². The number of aliphatic hydroxyl groups is 2. The van der Waals surface area contributed by atoms with E-state index in [4.69, 9.17) is 9.47 Å². The van der Waals surface area contributed by atoms with Gasteiger partial charge < -0.3 is 19.7 Å². The molecule has 0 heterocycles. The Labute approximate surface area is 114 Å². The predicted octanol–water partition coefficient (Wildman–Crippen LogP) is 2.26. The first-order chi connectivity index (χ1) is 9.18. The van der Waals surface area contributed by atoms with Gasteiger partial charge in [-0.25, -0.2) is 0 Å². The molecule has 1 aromatic carbocycles. The Bertz CT molecular complexity index is 388. The Morgan fingerprint density at radius 2 is 1.95 bits per heavy atom. The van der Waals surface area contributed by atoms with Crippen LogP contribution in [-0.2, 0) is 6.61 Å². The molecule has 4 heteroatoms. The van der Waals surface area contributed by atoms with Crippen LogP contribution < -0.4 is 9.47 Å². The minimum Gasteiger partial charge on any atom is -0.493 e. The van der Waals surface area contributed by atoms with E-state index in [-0.39, 0.29) is 13.2 Å². The number of methoxy groups -OCH3 is 1. The summed E-state index contributed by atoms with van der Waals surface area (Å²) in [5, 5.41) is 19.8. The molecule has 2 rings (SSSR count). The van der Waals surface area contributed by atoms with Gasteiger partial charge in [-0.1, -0.05) is 31.4 Å². The van der Waals surface area contributed by atoms with Gasteiger partial charge in [0.15, 0.2) is 11.5 Å². The molecule has 1 aliphatic rings. The van der Waals surface area contributed by atoms with Crippen molar-refractivity contribution in [1.82, 2.24) is 0 Å². The first-order valence-electron chi connectivity index (χ1n) is 6.80. The lowest BCUT2D eigenvalue weighted by atomic mass is 9.85. The van der Waals surface area contributed by atoms with E-state index >= 15 is 0 Å². The third kappa shape index (κ3) is 3.39. The van der Waals surface area contributed by atoms with Crippen LogP contribution in [0.4, 0.5) is 0 Å². The fraction of sp³-hybridized carbons (Fsp3) is 0.600. The van der Waals surface area contributed by atoms with Crippen molar-refractivity contribution in [2.75, 3.05) is 13.7 Å². The summed E-state index contributed by atoms with van der Waals surface area (Å²) >= 11 is 0. The summed E-state index contributed by atoms with van der Waals surface area (Å²) in [5.41, 5.74) is -0.0648. The fourth-order valence-corrected chi connectivity index (χ4v) is 2.57.